The van der Waals surface area contributed by atoms with Gasteiger partial charge in [-0.3, -0.25) is 0 Å². The highest BCUT2D eigenvalue weighted by Gasteiger charge is 2.23. The van der Waals surface area contributed by atoms with Crippen LogP contribution in [-0.2, 0) is 16.9 Å². The highest BCUT2D eigenvalue weighted by Crippen LogP contribution is 2.39. The first-order valence-corrected chi connectivity index (χ1v) is 10.3. The van der Waals surface area contributed by atoms with E-state index >= 15 is 0 Å². The summed E-state index contributed by atoms with van der Waals surface area (Å²) in [6, 6.07) is 7.38. The van der Waals surface area contributed by atoms with Crippen molar-refractivity contribution < 1.29 is 28.8 Å². The van der Waals surface area contributed by atoms with Crippen LogP contribution in [0.3, 0.4) is 0 Å². The van der Waals surface area contributed by atoms with E-state index in [1.165, 1.54) is 18.9 Å². The van der Waals surface area contributed by atoms with Gasteiger partial charge >= 0.3 is 5.97 Å². The first-order valence-electron chi connectivity index (χ1n) is 9.34. The maximum absolute atomic E-state index is 12.5. The van der Waals surface area contributed by atoms with Crippen LogP contribution in [-0.4, -0.2) is 39.5 Å². The third-order valence-electron chi connectivity index (χ3n) is 4.52. The number of rotatable bonds is 9. The van der Waals surface area contributed by atoms with Crippen LogP contribution in [0.4, 0.5) is 0 Å². The Kier molecular flexibility index (Phi) is 8.47. The normalized spacial score (nSPS) is 10.3. The molecule has 0 fully saturated rings. The van der Waals surface area contributed by atoms with Gasteiger partial charge in [-0.15, -0.1) is 11.8 Å². The first kappa shape index (κ1) is 23.5. The second kappa shape index (κ2) is 10.8. The van der Waals surface area contributed by atoms with E-state index in [9.17, 15) is 9.90 Å². The van der Waals surface area contributed by atoms with E-state index in [2.05, 4.69) is 0 Å². The fourth-order valence-electron chi connectivity index (χ4n) is 2.93. The Bertz CT molecular complexity index is 932. The van der Waals surface area contributed by atoms with Crippen molar-refractivity contribution in [2.75, 3.05) is 28.4 Å². The summed E-state index contributed by atoms with van der Waals surface area (Å²) in [5.74, 6) is 1.51. The van der Waals surface area contributed by atoms with Crippen molar-refractivity contribution in [3.05, 3.63) is 52.6 Å². The minimum absolute atomic E-state index is 0.110. The molecule has 0 spiro atoms. The van der Waals surface area contributed by atoms with Crippen LogP contribution in [0, 0.1) is 0 Å². The number of allylic oxidation sites excluding steroid dienone is 2. The van der Waals surface area contributed by atoms with Crippen molar-refractivity contribution in [2.45, 2.75) is 30.9 Å². The number of thioether (sulfide) groups is 1. The maximum Gasteiger partial charge on any atom is 0.341 e. The molecule has 0 radical (unpaired) electrons. The Morgan fingerprint density at radius 3 is 2.23 bits per heavy atom. The Labute approximate surface area is 181 Å². The van der Waals surface area contributed by atoms with Crippen LogP contribution in [0.5, 0.6) is 23.0 Å². The van der Waals surface area contributed by atoms with Crippen molar-refractivity contribution in [1.29, 1.82) is 0 Å². The van der Waals surface area contributed by atoms with Crippen LogP contribution in [0.15, 0.2) is 40.8 Å². The van der Waals surface area contributed by atoms with Crippen molar-refractivity contribution in [3.8, 4) is 23.0 Å². The number of hydrogen-bond acceptors (Lipinski definition) is 7. The minimum Gasteiger partial charge on any atom is -0.507 e. The predicted molar refractivity (Wildman–Crippen MR) is 118 cm³/mol. The van der Waals surface area contributed by atoms with Gasteiger partial charge < -0.3 is 24.1 Å². The summed E-state index contributed by atoms with van der Waals surface area (Å²) in [5.41, 5.74) is 2.43. The molecule has 0 aliphatic heterocycles. The van der Waals surface area contributed by atoms with E-state index in [-0.39, 0.29) is 11.3 Å². The third-order valence-corrected chi connectivity index (χ3v) is 5.56. The van der Waals surface area contributed by atoms with Crippen LogP contribution in [0.2, 0.25) is 0 Å². The van der Waals surface area contributed by atoms with Crippen LogP contribution < -0.4 is 14.2 Å². The molecule has 1 N–H and O–H groups in total. The summed E-state index contributed by atoms with van der Waals surface area (Å²) in [6.07, 6.45) is 2.42. The van der Waals surface area contributed by atoms with Crippen molar-refractivity contribution in [2.24, 2.45) is 0 Å². The number of benzene rings is 2. The number of carbonyl (C=O) groups excluding carboxylic acids is 1. The van der Waals surface area contributed by atoms with E-state index in [1.807, 2.05) is 38.1 Å². The molecule has 0 saturated carbocycles. The molecule has 0 unspecified atom stereocenters. The number of ether oxygens (including phenoxy) is 4. The zero-order valence-corrected chi connectivity index (χ0v) is 19.0. The molecule has 30 heavy (non-hydrogen) atoms. The van der Waals surface area contributed by atoms with Gasteiger partial charge in [-0.1, -0.05) is 11.6 Å². The van der Waals surface area contributed by atoms with Crippen molar-refractivity contribution in [1.82, 2.24) is 0 Å². The lowest BCUT2D eigenvalue weighted by atomic mass is 9.99. The van der Waals surface area contributed by atoms with E-state index in [4.69, 9.17) is 18.9 Å². The SMILES string of the molecule is COC(=O)c1c(CSc2ccc(OC)c(OC)c2)cc(OC)c(CC=C(C)C)c1O. The van der Waals surface area contributed by atoms with Gasteiger partial charge in [-0.05, 0) is 50.1 Å². The molecule has 0 saturated heterocycles. The van der Waals surface area contributed by atoms with Gasteiger partial charge in [-0.25, -0.2) is 4.79 Å². The molecular formula is C23H28O6S. The van der Waals surface area contributed by atoms with E-state index in [0.29, 0.717) is 40.5 Å². The molecule has 162 valence electrons. The molecule has 2 rings (SSSR count). The molecule has 0 heterocycles. The van der Waals surface area contributed by atoms with Crippen LogP contribution in [0.1, 0.15) is 35.3 Å². The number of phenols is 1. The second-order valence-corrected chi connectivity index (χ2v) is 7.77. The zero-order valence-electron chi connectivity index (χ0n) is 18.2. The molecule has 0 amide bonds. The van der Waals surface area contributed by atoms with Gasteiger partial charge in [0.15, 0.2) is 11.5 Å². The Hall–Kier alpha value is -2.80. The standard InChI is InChI=1S/C23H28O6S/c1-14(2)7-9-17-19(27-4)11-15(21(22(17)24)23(25)29-6)13-30-16-8-10-18(26-3)20(12-16)28-5/h7-8,10-12,24H,9,13H2,1-6H3. The smallest absolute Gasteiger partial charge is 0.341 e. The van der Waals surface area contributed by atoms with Gasteiger partial charge in [0.25, 0.3) is 0 Å². The summed E-state index contributed by atoms with van der Waals surface area (Å²) in [5, 5.41) is 10.9. The Morgan fingerprint density at radius 2 is 1.67 bits per heavy atom. The summed E-state index contributed by atoms with van der Waals surface area (Å²) in [7, 11) is 6.01. The highest BCUT2D eigenvalue weighted by molar-refractivity contribution is 7.98. The van der Waals surface area contributed by atoms with Crippen LogP contribution in [0.25, 0.3) is 0 Å². The zero-order chi connectivity index (χ0) is 22.3. The van der Waals surface area contributed by atoms with E-state index in [1.54, 1.807) is 27.4 Å². The Morgan fingerprint density at radius 1 is 1.00 bits per heavy atom. The van der Waals surface area contributed by atoms with E-state index in [0.717, 1.165) is 10.5 Å². The molecule has 0 bridgehead atoms. The van der Waals surface area contributed by atoms with Gasteiger partial charge in [0, 0.05) is 16.2 Å². The predicted octanol–water partition coefficient (Wildman–Crippen LogP) is 5.01. The quantitative estimate of drug-likeness (QED) is 0.339. The van der Waals surface area contributed by atoms with Crippen LogP contribution >= 0.6 is 11.8 Å². The van der Waals surface area contributed by atoms with Crippen molar-refractivity contribution in [3.63, 3.8) is 0 Å². The second-order valence-electron chi connectivity index (χ2n) is 6.72. The van der Waals surface area contributed by atoms with Gasteiger partial charge in [0.05, 0.1) is 28.4 Å². The molecule has 0 atom stereocenters. The largest absolute Gasteiger partial charge is 0.507 e. The average Bonchev–Trinajstić information content (AvgIpc) is 2.75. The molecular weight excluding hydrogens is 404 g/mol. The lowest BCUT2D eigenvalue weighted by Gasteiger charge is -2.17. The number of phenolic OH excluding ortho intramolecular Hbond substituents is 1. The average molecular weight is 433 g/mol. The van der Waals surface area contributed by atoms with Gasteiger partial charge in [-0.2, -0.15) is 0 Å². The third kappa shape index (κ3) is 5.42. The fourth-order valence-corrected chi connectivity index (χ4v) is 3.84. The molecule has 2 aromatic carbocycles. The lowest BCUT2D eigenvalue weighted by Crippen LogP contribution is -2.08. The number of methoxy groups -OCH3 is 4. The molecule has 0 aromatic heterocycles. The molecule has 0 aliphatic rings. The number of hydrogen-bond donors (Lipinski definition) is 1. The summed E-state index contributed by atoms with van der Waals surface area (Å²) < 4.78 is 21.0. The van der Waals surface area contributed by atoms with Gasteiger partial charge in [0.2, 0.25) is 0 Å². The fraction of sp³-hybridized carbons (Fsp3) is 0.348. The van der Waals surface area contributed by atoms with Crippen molar-refractivity contribution >= 4 is 17.7 Å². The highest BCUT2D eigenvalue weighted by atomic mass is 32.2. The number of aromatic hydroxyl groups is 1. The van der Waals surface area contributed by atoms with Gasteiger partial charge in [0.1, 0.15) is 17.1 Å². The molecule has 7 heteroatoms. The summed E-state index contributed by atoms with van der Waals surface area (Å²) in [6.45, 7) is 3.94. The molecule has 6 nitrogen and oxygen atoms in total. The summed E-state index contributed by atoms with van der Waals surface area (Å²) in [4.78, 5) is 13.4. The number of esters is 1. The molecule has 0 aliphatic carbocycles. The minimum atomic E-state index is -0.587. The van der Waals surface area contributed by atoms with E-state index < -0.39 is 5.97 Å². The topological polar surface area (TPSA) is 74.2 Å². The molecule has 2 aromatic rings. The maximum atomic E-state index is 12.5. The number of carbonyl (C=O) groups is 1. The Balaban J connectivity index is 2.44. The first-order chi connectivity index (χ1) is 14.4. The lowest BCUT2D eigenvalue weighted by molar-refractivity contribution is 0.0596. The summed E-state index contributed by atoms with van der Waals surface area (Å²) >= 11 is 1.49. The monoisotopic (exact) mass is 432 g/mol.